The number of nitrogens with one attached hydrogen (secondary N) is 2. The minimum atomic E-state index is -0.539. The molecule has 0 radical (unpaired) electrons. The standard InChI is InChI=1S/C28H36N4O3/c1-3-20-11-4-5-12-23(20)32-27-21-15-25(34-2)26(16-24(21)31-18-22(27)28(29)33)35-14-8-10-19-9-6-7-13-30-17-19/h4-5,11-12,15-16,18-19,30H,3,6-10,13-14,17H2,1-2H3,(H2,29,33)(H,31,32). The van der Waals surface area contributed by atoms with Crippen molar-refractivity contribution in [1.82, 2.24) is 10.3 Å². The van der Waals surface area contributed by atoms with Gasteiger partial charge >= 0.3 is 0 Å². The molecule has 4 rings (SSSR count). The second-order valence-electron chi connectivity index (χ2n) is 9.12. The van der Waals surface area contributed by atoms with Crippen molar-refractivity contribution in [1.29, 1.82) is 0 Å². The molecular weight excluding hydrogens is 440 g/mol. The van der Waals surface area contributed by atoms with Gasteiger partial charge in [0.05, 0.1) is 30.5 Å². The van der Waals surface area contributed by atoms with E-state index < -0.39 is 5.91 Å². The van der Waals surface area contributed by atoms with Crippen LogP contribution in [0, 0.1) is 5.92 Å². The number of pyridine rings is 1. The summed E-state index contributed by atoms with van der Waals surface area (Å²) in [7, 11) is 1.62. The van der Waals surface area contributed by atoms with Crippen molar-refractivity contribution in [3.05, 3.63) is 53.7 Å². The number of hydrogen-bond acceptors (Lipinski definition) is 6. The number of fused-ring (bicyclic) bond motifs is 1. The summed E-state index contributed by atoms with van der Waals surface area (Å²) in [5, 5.41) is 7.72. The van der Waals surface area contributed by atoms with Crippen LogP contribution in [-0.2, 0) is 6.42 Å². The Morgan fingerprint density at radius 1 is 1.23 bits per heavy atom. The lowest BCUT2D eigenvalue weighted by atomic mass is 9.98. The third-order valence-electron chi connectivity index (χ3n) is 6.74. The number of amides is 1. The van der Waals surface area contributed by atoms with Gasteiger partial charge in [-0.05, 0) is 68.8 Å². The summed E-state index contributed by atoms with van der Waals surface area (Å²) in [6.45, 7) is 4.95. The minimum absolute atomic E-state index is 0.330. The maximum atomic E-state index is 12.2. The Morgan fingerprint density at radius 3 is 2.89 bits per heavy atom. The molecule has 4 N–H and O–H groups in total. The first-order valence-electron chi connectivity index (χ1n) is 12.6. The Bertz CT molecular complexity index is 1160. The first-order chi connectivity index (χ1) is 17.1. The van der Waals surface area contributed by atoms with Gasteiger partial charge in [0.25, 0.3) is 5.91 Å². The van der Waals surface area contributed by atoms with Crippen LogP contribution in [0.5, 0.6) is 11.5 Å². The van der Waals surface area contributed by atoms with Crippen LogP contribution in [0.25, 0.3) is 10.9 Å². The highest BCUT2D eigenvalue weighted by Crippen LogP contribution is 2.38. The second-order valence-corrected chi connectivity index (χ2v) is 9.12. The minimum Gasteiger partial charge on any atom is -0.493 e. The number of nitrogens with zero attached hydrogens (tertiary/aromatic N) is 1. The Balaban J connectivity index is 1.58. The smallest absolute Gasteiger partial charge is 0.252 e. The molecule has 186 valence electrons. The molecular formula is C28H36N4O3. The molecule has 1 aliphatic rings. The first-order valence-corrected chi connectivity index (χ1v) is 12.6. The van der Waals surface area contributed by atoms with E-state index in [9.17, 15) is 4.79 Å². The number of rotatable bonds is 10. The fraction of sp³-hybridized carbons (Fsp3) is 0.429. The largest absolute Gasteiger partial charge is 0.493 e. The summed E-state index contributed by atoms with van der Waals surface area (Å²) in [5.74, 6) is 1.43. The van der Waals surface area contributed by atoms with E-state index in [1.54, 1.807) is 7.11 Å². The predicted octanol–water partition coefficient (Wildman–Crippen LogP) is 5.20. The number of carbonyl (C=O) groups is 1. The number of anilines is 2. The van der Waals surface area contributed by atoms with Gasteiger partial charge in [0.1, 0.15) is 0 Å². The summed E-state index contributed by atoms with van der Waals surface area (Å²) >= 11 is 0. The van der Waals surface area contributed by atoms with Gasteiger partial charge in [-0.1, -0.05) is 31.5 Å². The number of carbonyl (C=O) groups excluding carboxylic acids is 1. The molecule has 3 aromatic rings. The van der Waals surface area contributed by atoms with Gasteiger partial charge in [-0.3, -0.25) is 9.78 Å². The van der Waals surface area contributed by atoms with Crippen molar-refractivity contribution >= 4 is 28.2 Å². The van der Waals surface area contributed by atoms with Gasteiger partial charge in [0.15, 0.2) is 11.5 Å². The number of aryl methyl sites for hydroxylation is 1. The number of hydrogen-bond donors (Lipinski definition) is 3. The molecule has 7 nitrogen and oxygen atoms in total. The highest BCUT2D eigenvalue weighted by atomic mass is 16.5. The van der Waals surface area contributed by atoms with Gasteiger partial charge in [-0.25, -0.2) is 0 Å². The van der Waals surface area contributed by atoms with Crippen LogP contribution in [0.3, 0.4) is 0 Å². The third-order valence-corrected chi connectivity index (χ3v) is 6.74. The Hall–Kier alpha value is -3.32. The number of methoxy groups -OCH3 is 1. The molecule has 1 fully saturated rings. The molecule has 0 aliphatic carbocycles. The summed E-state index contributed by atoms with van der Waals surface area (Å²) in [4.78, 5) is 16.8. The zero-order valence-electron chi connectivity index (χ0n) is 20.7. The van der Waals surface area contributed by atoms with E-state index in [1.165, 1.54) is 25.5 Å². The van der Waals surface area contributed by atoms with Gasteiger partial charge in [0, 0.05) is 23.3 Å². The molecule has 1 atom stereocenters. The van der Waals surface area contributed by atoms with Gasteiger partial charge < -0.3 is 25.8 Å². The summed E-state index contributed by atoms with van der Waals surface area (Å²) in [6.07, 6.45) is 8.38. The lowest BCUT2D eigenvalue weighted by molar-refractivity contribution is 0.100. The van der Waals surface area contributed by atoms with Crippen LogP contribution in [0.15, 0.2) is 42.6 Å². The Labute approximate surface area is 207 Å². The molecule has 2 heterocycles. The van der Waals surface area contributed by atoms with Crippen molar-refractivity contribution in [2.75, 3.05) is 32.1 Å². The van der Waals surface area contributed by atoms with Crippen molar-refractivity contribution < 1.29 is 14.3 Å². The molecule has 1 aliphatic heterocycles. The normalized spacial score (nSPS) is 16.0. The summed E-state index contributed by atoms with van der Waals surface area (Å²) < 4.78 is 11.8. The van der Waals surface area contributed by atoms with Crippen LogP contribution in [0.1, 0.15) is 54.9 Å². The third kappa shape index (κ3) is 6.03. The molecule has 35 heavy (non-hydrogen) atoms. The fourth-order valence-electron chi connectivity index (χ4n) is 4.77. The van der Waals surface area contributed by atoms with Gasteiger partial charge in [-0.2, -0.15) is 0 Å². The number of nitrogens with two attached hydrogens (primary N) is 1. The molecule has 1 unspecified atom stereocenters. The van der Waals surface area contributed by atoms with E-state index in [-0.39, 0.29) is 0 Å². The maximum Gasteiger partial charge on any atom is 0.252 e. The van der Waals surface area contributed by atoms with E-state index in [0.29, 0.717) is 40.8 Å². The average Bonchev–Trinajstić information content (AvgIpc) is 3.15. The van der Waals surface area contributed by atoms with Crippen molar-refractivity contribution in [3.63, 3.8) is 0 Å². The van der Waals surface area contributed by atoms with Crippen LogP contribution in [-0.4, -0.2) is 37.7 Å². The summed E-state index contributed by atoms with van der Waals surface area (Å²) in [6, 6.07) is 11.8. The lowest BCUT2D eigenvalue weighted by Gasteiger charge is -2.18. The zero-order valence-corrected chi connectivity index (χ0v) is 20.7. The molecule has 0 bridgehead atoms. The zero-order chi connectivity index (χ0) is 24.6. The van der Waals surface area contributed by atoms with Crippen LogP contribution in [0.4, 0.5) is 11.4 Å². The monoisotopic (exact) mass is 476 g/mol. The van der Waals surface area contributed by atoms with E-state index in [2.05, 4.69) is 28.6 Å². The van der Waals surface area contributed by atoms with E-state index in [4.69, 9.17) is 15.2 Å². The van der Waals surface area contributed by atoms with Crippen LogP contribution in [0.2, 0.25) is 0 Å². The molecule has 0 spiro atoms. The van der Waals surface area contributed by atoms with Crippen molar-refractivity contribution in [3.8, 4) is 11.5 Å². The fourth-order valence-corrected chi connectivity index (χ4v) is 4.77. The molecule has 1 aromatic heterocycles. The SMILES string of the molecule is CCc1ccccc1Nc1c(C(N)=O)cnc2cc(OCCCC3CCCCNC3)c(OC)cc12. The Morgan fingerprint density at radius 2 is 2.09 bits per heavy atom. The number of aromatic nitrogens is 1. The number of benzene rings is 2. The van der Waals surface area contributed by atoms with Crippen LogP contribution < -0.4 is 25.8 Å². The van der Waals surface area contributed by atoms with Gasteiger partial charge in [-0.15, -0.1) is 0 Å². The first kappa shape index (κ1) is 24.8. The highest BCUT2D eigenvalue weighted by Gasteiger charge is 2.18. The van der Waals surface area contributed by atoms with E-state index >= 15 is 0 Å². The number of para-hydroxylation sites is 1. The molecule has 7 heteroatoms. The summed E-state index contributed by atoms with van der Waals surface area (Å²) in [5.41, 5.74) is 9.43. The average molecular weight is 477 g/mol. The Kier molecular flexibility index (Phi) is 8.42. The molecule has 1 saturated heterocycles. The van der Waals surface area contributed by atoms with E-state index in [1.807, 2.05) is 30.3 Å². The molecule has 0 saturated carbocycles. The quantitative estimate of drug-likeness (QED) is 0.348. The topological polar surface area (TPSA) is 98.5 Å². The molecule has 1 amide bonds. The second kappa shape index (κ2) is 11.9. The number of ether oxygens (including phenoxy) is 2. The maximum absolute atomic E-state index is 12.2. The predicted molar refractivity (Wildman–Crippen MR) is 141 cm³/mol. The van der Waals surface area contributed by atoms with Crippen molar-refractivity contribution in [2.24, 2.45) is 11.7 Å². The van der Waals surface area contributed by atoms with Gasteiger partial charge in [0.2, 0.25) is 0 Å². The molecule has 2 aromatic carbocycles. The highest BCUT2D eigenvalue weighted by molar-refractivity contribution is 6.08. The number of primary amides is 1. The lowest BCUT2D eigenvalue weighted by Crippen LogP contribution is -2.20. The van der Waals surface area contributed by atoms with Crippen LogP contribution >= 0.6 is 0 Å². The van der Waals surface area contributed by atoms with E-state index in [0.717, 1.165) is 49.0 Å². The van der Waals surface area contributed by atoms with Crippen molar-refractivity contribution in [2.45, 2.75) is 45.4 Å².